The number of nitrogens with zero attached hydrogens (tertiary/aromatic N) is 2. The Labute approximate surface area is 123 Å². The minimum atomic E-state index is 0.303. The van der Waals surface area contributed by atoms with Crippen molar-refractivity contribution < 1.29 is 4.74 Å². The first-order valence-electron chi connectivity index (χ1n) is 6.80. The molecule has 0 radical (unpaired) electrons. The molecule has 1 unspecified atom stereocenters. The number of methoxy groups -OCH3 is 1. The van der Waals surface area contributed by atoms with Gasteiger partial charge in [0.1, 0.15) is 5.75 Å². The number of benzene rings is 1. The molecule has 1 aromatic carbocycles. The van der Waals surface area contributed by atoms with Crippen molar-refractivity contribution in [3.05, 3.63) is 40.7 Å². The summed E-state index contributed by atoms with van der Waals surface area (Å²) in [6.07, 6.45) is 5.36. The number of hydrogen-bond acceptors (Lipinski definition) is 3. The second kappa shape index (κ2) is 5.37. The maximum Gasteiger partial charge on any atom is 0.137 e. The van der Waals surface area contributed by atoms with Crippen LogP contribution in [0, 0.1) is 0 Å². The normalized spacial score (nSPS) is 17.6. The number of ether oxygens (including phenoxy) is 1. The zero-order valence-corrected chi connectivity index (χ0v) is 12.4. The molecule has 0 saturated heterocycles. The highest BCUT2D eigenvalue weighted by Gasteiger charge is 2.23. The molecule has 20 heavy (non-hydrogen) atoms. The Hall–Kier alpha value is -1.68. The van der Waals surface area contributed by atoms with Crippen molar-refractivity contribution in [1.82, 2.24) is 9.78 Å². The summed E-state index contributed by atoms with van der Waals surface area (Å²) in [6, 6.07) is 6.09. The molecular weight excluding hydrogens is 274 g/mol. The fourth-order valence-electron chi connectivity index (χ4n) is 2.81. The maximum absolute atomic E-state index is 6.17. The minimum Gasteiger partial charge on any atom is -0.495 e. The Morgan fingerprint density at radius 1 is 1.45 bits per heavy atom. The molecule has 1 heterocycles. The summed E-state index contributed by atoms with van der Waals surface area (Å²) in [5.74, 6) is 0.697. The smallest absolute Gasteiger partial charge is 0.137 e. The Bertz CT molecular complexity index is 624. The number of halogens is 1. The van der Waals surface area contributed by atoms with Gasteiger partial charge in [-0.1, -0.05) is 11.6 Å². The van der Waals surface area contributed by atoms with Crippen molar-refractivity contribution in [2.45, 2.75) is 25.3 Å². The first-order chi connectivity index (χ1) is 9.69. The molecule has 1 aliphatic rings. The van der Waals surface area contributed by atoms with Gasteiger partial charge in [-0.3, -0.25) is 4.68 Å². The molecule has 0 saturated carbocycles. The van der Waals surface area contributed by atoms with E-state index in [2.05, 4.69) is 10.4 Å². The lowest BCUT2D eigenvalue weighted by molar-refractivity contribution is 0.415. The van der Waals surface area contributed by atoms with Crippen LogP contribution in [0.5, 0.6) is 5.75 Å². The molecule has 2 aromatic rings. The molecule has 4 nitrogen and oxygen atoms in total. The van der Waals surface area contributed by atoms with E-state index < -0.39 is 0 Å². The van der Waals surface area contributed by atoms with Gasteiger partial charge in [-0.05, 0) is 37.5 Å². The van der Waals surface area contributed by atoms with Crippen LogP contribution in [0.25, 0.3) is 0 Å². The summed E-state index contributed by atoms with van der Waals surface area (Å²) < 4.78 is 7.15. The van der Waals surface area contributed by atoms with E-state index in [1.807, 2.05) is 36.1 Å². The van der Waals surface area contributed by atoms with Crippen LogP contribution >= 0.6 is 11.6 Å². The summed E-state index contributed by atoms with van der Waals surface area (Å²) >= 11 is 6.17. The summed E-state index contributed by atoms with van der Waals surface area (Å²) in [7, 11) is 3.63. The lowest BCUT2D eigenvalue weighted by Crippen LogP contribution is -2.17. The van der Waals surface area contributed by atoms with Gasteiger partial charge in [0.05, 0.1) is 24.4 Å². The third kappa shape index (κ3) is 2.36. The molecule has 1 aliphatic carbocycles. The maximum atomic E-state index is 6.17. The Kier molecular flexibility index (Phi) is 3.57. The minimum absolute atomic E-state index is 0.303. The van der Waals surface area contributed by atoms with E-state index in [1.54, 1.807) is 7.11 Å². The molecule has 106 valence electrons. The molecule has 0 amide bonds. The number of anilines is 1. The number of hydrogen-bond donors (Lipinski definition) is 1. The first-order valence-corrected chi connectivity index (χ1v) is 7.17. The van der Waals surface area contributed by atoms with Crippen LogP contribution in [0.3, 0.4) is 0 Å². The van der Waals surface area contributed by atoms with Crippen LogP contribution in [0.15, 0.2) is 24.4 Å². The van der Waals surface area contributed by atoms with E-state index in [4.69, 9.17) is 16.3 Å². The fraction of sp³-hybridized carbons (Fsp3) is 0.400. The molecule has 1 aromatic heterocycles. The summed E-state index contributed by atoms with van der Waals surface area (Å²) in [6.45, 7) is 0. The third-order valence-electron chi connectivity index (χ3n) is 3.87. The lowest BCUT2D eigenvalue weighted by atomic mass is 9.93. The van der Waals surface area contributed by atoms with Crippen LogP contribution in [0.2, 0.25) is 5.02 Å². The van der Waals surface area contributed by atoms with Gasteiger partial charge >= 0.3 is 0 Å². The predicted octanol–water partition coefficient (Wildman–Crippen LogP) is 3.57. The molecule has 1 N–H and O–H groups in total. The number of aromatic nitrogens is 2. The molecule has 1 atom stereocenters. The zero-order chi connectivity index (χ0) is 14.1. The van der Waals surface area contributed by atoms with Gasteiger partial charge in [-0.2, -0.15) is 5.10 Å². The molecule has 0 fully saturated rings. The topological polar surface area (TPSA) is 39.1 Å². The van der Waals surface area contributed by atoms with E-state index in [9.17, 15) is 0 Å². The highest BCUT2D eigenvalue weighted by atomic mass is 35.5. The van der Waals surface area contributed by atoms with Crippen molar-refractivity contribution in [3.8, 4) is 5.75 Å². The van der Waals surface area contributed by atoms with Crippen molar-refractivity contribution in [2.75, 3.05) is 12.4 Å². The summed E-state index contributed by atoms with van der Waals surface area (Å²) in [5.41, 5.74) is 3.64. The number of rotatable bonds is 3. The Morgan fingerprint density at radius 2 is 2.30 bits per heavy atom. The zero-order valence-electron chi connectivity index (χ0n) is 11.7. The van der Waals surface area contributed by atoms with Gasteiger partial charge in [-0.15, -0.1) is 0 Å². The molecule has 3 rings (SSSR count). The average molecular weight is 292 g/mol. The average Bonchev–Trinajstić information content (AvgIpc) is 2.82. The van der Waals surface area contributed by atoms with E-state index in [0.29, 0.717) is 16.8 Å². The van der Waals surface area contributed by atoms with E-state index in [1.165, 1.54) is 17.7 Å². The van der Waals surface area contributed by atoms with E-state index in [0.717, 1.165) is 18.5 Å². The van der Waals surface area contributed by atoms with Crippen LogP contribution in [0.1, 0.15) is 30.1 Å². The van der Waals surface area contributed by atoms with Crippen LogP contribution in [0.4, 0.5) is 5.69 Å². The Morgan fingerprint density at radius 3 is 3.05 bits per heavy atom. The molecule has 5 heteroatoms. The third-order valence-corrected chi connectivity index (χ3v) is 4.16. The number of fused-ring (bicyclic) bond motifs is 1. The quantitative estimate of drug-likeness (QED) is 0.939. The number of nitrogens with one attached hydrogen (secondary N) is 1. The number of aryl methyl sites for hydroxylation is 1. The van der Waals surface area contributed by atoms with Crippen LogP contribution < -0.4 is 10.1 Å². The lowest BCUT2D eigenvalue weighted by Gasteiger charge is -2.25. The van der Waals surface area contributed by atoms with Crippen molar-refractivity contribution in [1.29, 1.82) is 0 Å². The van der Waals surface area contributed by atoms with Crippen LogP contribution in [-0.2, 0) is 13.5 Å². The second-order valence-electron chi connectivity index (χ2n) is 5.11. The van der Waals surface area contributed by atoms with Gasteiger partial charge in [0.25, 0.3) is 0 Å². The molecular formula is C15H18ClN3O. The standard InChI is InChI=1S/C15H18ClN3O/c1-19-14-5-3-4-13(11(14)9-17-19)18-10-6-7-15(20-2)12(16)8-10/h6-9,13,18H,3-5H2,1-2H3. The van der Waals surface area contributed by atoms with Crippen molar-refractivity contribution in [3.63, 3.8) is 0 Å². The second-order valence-corrected chi connectivity index (χ2v) is 5.52. The molecule has 0 bridgehead atoms. The van der Waals surface area contributed by atoms with E-state index in [-0.39, 0.29) is 0 Å². The summed E-state index contributed by atoms with van der Waals surface area (Å²) in [4.78, 5) is 0. The Balaban J connectivity index is 1.84. The van der Waals surface area contributed by atoms with Gasteiger partial charge in [-0.25, -0.2) is 0 Å². The first kappa shape index (κ1) is 13.3. The van der Waals surface area contributed by atoms with Gasteiger partial charge in [0.2, 0.25) is 0 Å². The summed E-state index contributed by atoms with van der Waals surface area (Å²) in [5, 5.41) is 8.54. The van der Waals surface area contributed by atoms with Gasteiger partial charge in [0, 0.05) is 24.0 Å². The molecule has 0 spiro atoms. The van der Waals surface area contributed by atoms with E-state index >= 15 is 0 Å². The van der Waals surface area contributed by atoms with Gasteiger partial charge < -0.3 is 10.1 Å². The van der Waals surface area contributed by atoms with Crippen molar-refractivity contribution >= 4 is 17.3 Å². The van der Waals surface area contributed by atoms with Gasteiger partial charge in [0.15, 0.2) is 0 Å². The molecule has 0 aliphatic heterocycles. The van der Waals surface area contributed by atoms with Crippen molar-refractivity contribution in [2.24, 2.45) is 7.05 Å². The SMILES string of the molecule is COc1ccc(NC2CCCc3c2cnn3C)cc1Cl. The fourth-order valence-corrected chi connectivity index (χ4v) is 3.07. The highest BCUT2D eigenvalue weighted by Crippen LogP contribution is 2.34. The predicted molar refractivity (Wildman–Crippen MR) is 80.5 cm³/mol. The van der Waals surface area contributed by atoms with Crippen LogP contribution in [-0.4, -0.2) is 16.9 Å². The largest absolute Gasteiger partial charge is 0.495 e. The highest BCUT2D eigenvalue weighted by molar-refractivity contribution is 6.32. The monoisotopic (exact) mass is 291 g/mol.